The van der Waals surface area contributed by atoms with Gasteiger partial charge in [0.15, 0.2) is 0 Å². The van der Waals surface area contributed by atoms with E-state index in [2.05, 4.69) is 10.0 Å². The minimum atomic E-state index is -1.46. The molecule has 1 aromatic rings. The first-order chi connectivity index (χ1) is 16.0. The fraction of sp³-hybridized carbons (Fsp3) is 0.625. The second kappa shape index (κ2) is 9.56. The molecule has 1 aliphatic carbocycles. The molecule has 4 amide bonds. The molecule has 2 N–H and O–H groups in total. The van der Waals surface area contributed by atoms with Crippen molar-refractivity contribution in [2.45, 2.75) is 75.6 Å². The Morgan fingerprint density at radius 1 is 1.26 bits per heavy atom. The number of amides is 4. The molecule has 0 bridgehead atoms. The molecule has 1 aromatic carbocycles. The minimum Gasteiger partial charge on any atom is -0.598 e. The molecule has 0 radical (unpaired) electrons. The standard InChI is InChI=1S/C24H32FN3O5S/c1-23(2,3)34(32)27-24(10-6-15-4-5-16(25)14-19(15)24)11-7-18-20(29)26-22(31)28(21(18)30)17-8-12-33-13-9-17/h4-5,14,17-18,27H,6-13H2,1-3H3,(H,26,29,31)/t18?,24-,34+/m1/s1. The van der Waals surface area contributed by atoms with Gasteiger partial charge in [-0.05, 0) is 82.6 Å². The van der Waals surface area contributed by atoms with Crippen molar-refractivity contribution in [1.29, 1.82) is 0 Å². The minimum absolute atomic E-state index is 0.141. The van der Waals surface area contributed by atoms with E-state index in [1.165, 1.54) is 17.0 Å². The van der Waals surface area contributed by atoms with E-state index >= 15 is 0 Å². The van der Waals surface area contributed by atoms with Crippen LogP contribution in [0.3, 0.4) is 0 Å². The smallest absolute Gasteiger partial charge is 0.331 e. The average Bonchev–Trinajstić information content (AvgIpc) is 3.11. The molecule has 8 nitrogen and oxygen atoms in total. The van der Waals surface area contributed by atoms with Gasteiger partial charge in [-0.25, -0.2) is 9.18 Å². The fourth-order valence-electron chi connectivity index (χ4n) is 5.01. The van der Waals surface area contributed by atoms with Gasteiger partial charge in [0.1, 0.15) is 16.5 Å². The number of imide groups is 2. The van der Waals surface area contributed by atoms with Gasteiger partial charge >= 0.3 is 6.03 Å². The van der Waals surface area contributed by atoms with Crippen molar-refractivity contribution in [2.24, 2.45) is 5.92 Å². The number of rotatable bonds is 6. The quantitative estimate of drug-likeness (QED) is 0.466. The van der Waals surface area contributed by atoms with Crippen molar-refractivity contribution in [1.82, 2.24) is 14.9 Å². The van der Waals surface area contributed by atoms with E-state index in [1.807, 2.05) is 20.8 Å². The van der Waals surface area contributed by atoms with Crippen LogP contribution in [-0.2, 0) is 37.6 Å². The summed E-state index contributed by atoms with van der Waals surface area (Å²) >= 11 is -1.46. The van der Waals surface area contributed by atoms with Gasteiger partial charge in [0, 0.05) is 30.6 Å². The summed E-state index contributed by atoms with van der Waals surface area (Å²) in [7, 11) is 0. The average molecular weight is 494 g/mol. The lowest BCUT2D eigenvalue weighted by Crippen LogP contribution is -2.62. The van der Waals surface area contributed by atoms with Crippen molar-refractivity contribution in [3.05, 3.63) is 35.1 Å². The van der Waals surface area contributed by atoms with Gasteiger partial charge in [-0.2, -0.15) is 0 Å². The number of nitrogens with one attached hydrogen (secondary N) is 2. The normalized spacial score (nSPS) is 27.0. The van der Waals surface area contributed by atoms with Crippen molar-refractivity contribution < 1.29 is 28.1 Å². The highest BCUT2D eigenvalue weighted by atomic mass is 32.2. The topological polar surface area (TPSA) is 111 Å². The second-order valence-electron chi connectivity index (χ2n) is 10.3. The molecule has 3 aliphatic rings. The Hall–Kier alpha value is -2.01. The number of aryl methyl sites for hydroxylation is 1. The van der Waals surface area contributed by atoms with Crippen LogP contribution < -0.4 is 10.0 Å². The molecule has 34 heavy (non-hydrogen) atoms. The fourth-order valence-corrected chi connectivity index (χ4v) is 5.98. The van der Waals surface area contributed by atoms with Crippen molar-refractivity contribution >= 4 is 29.2 Å². The van der Waals surface area contributed by atoms with Crippen molar-refractivity contribution in [3.8, 4) is 0 Å². The molecule has 2 fully saturated rings. The summed E-state index contributed by atoms with van der Waals surface area (Å²) in [5.74, 6) is -2.57. The SMILES string of the molecule is CC(C)(C)[S@+]([O-])N[C@@]1(CCC2C(=O)NC(=O)N(C3CCOCC3)C2=O)CCc2ccc(F)cc21. The molecular formula is C24H32FN3O5S. The molecule has 186 valence electrons. The van der Waals surface area contributed by atoms with Crippen LogP contribution in [0, 0.1) is 11.7 Å². The summed E-state index contributed by atoms with van der Waals surface area (Å²) in [6.45, 7) is 6.45. The molecule has 2 aliphatic heterocycles. The van der Waals surface area contributed by atoms with Gasteiger partial charge in [-0.1, -0.05) is 6.07 Å². The Morgan fingerprint density at radius 2 is 1.97 bits per heavy atom. The summed E-state index contributed by atoms with van der Waals surface area (Å²) in [5, 5.41) is 2.33. The molecule has 1 unspecified atom stereocenters. The lowest BCUT2D eigenvalue weighted by atomic mass is 9.84. The first-order valence-electron chi connectivity index (χ1n) is 11.8. The first-order valence-corrected chi connectivity index (χ1v) is 12.9. The number of benzene rings is 1. The van der Waals surface area contributed by atoms with Gasteiger partial charge in [0.2, 0.25) is 11.8 Å². The third-order valence-corrected chi connectivity index (χ3v) is 8.66. The molecule has 0 saturated carbocycles. The number of hydrogen-bond acceptors (Lipinski definition) is 6. The van der Waals surface area contributed by atoms with Gasteiger partial charge in [0.25, 0.3) is 0 Å². The third-order valence-electron chi connectivity index (χ3n) is 6.97. The van der Waals surface area contributed by atoms with E-state index in [0.717, 1.165) is 5.56 Å². The van der Waals surface area contributed by atoms with Crippen LogP contribution >= 0.6 is 0 Å². The van der Waals surface area contributed by atoms with E-state index in [9.17, 15) is 23.3 Å². The molecular weight excluding hydrogens is 461 g/mol. The second-order valence-corrected chi connectivity index (χ2v) is 12.3. The number of barbiturate groups is 1. The maximum Gasteiger partial charge on any atom is 0.331 e. The molecule has 0 spiro atoms. The van der Waals surface area contributed by atoms with Crippen LogP contribution in [0.1, 0.15) is 64.0 Å². The highest BCUT2D eigenvalue weighted by Crippen LogP contribution is 2.43. The molecule has 3 atom stereocenters. The van der Waals surface area contributed by atoms with Crippen LogP contribution in [0.2, 0.25) is 0 Å². The predicted molar refractivity (Wildman–Crippen MR) is 124 cm³/mol. The highest BCUT2D eigenvalue weighted by Gasteiger charge is 2.48. The van der Waals surface area contributed by atoms with E-state index in [-0.39, 0.29) is 12.5 Å². The summed E-state index contributed by atoms with van der Waals surface area (Å²) < 4.78 is 35.3. The van der Waals surface area contributed by atoms with Crippen LogP contribution in [0.25, 0.3) is 0 Å². The third kappa shape index (κ3) is 4.86. The zero-order valence-corrected chi connectivity index (χ0v) is 20.6. The zero-order chi connectivity index (χ0) is 24.7. The summed E-state index contributed by atoms with van der Waals surface area (Å²) in [6.07, 6.45) is 2.73. The maximum absolute atomic E-state index is 14.2. The number of carbonyl (C=O) groups excluding carboxylic acids is 3. The Morgan fingerprint density at radius 3 is 2.65 bits per heavy atom. The van der Waals surface area contributed by atoms with Crippen LogP contribution in [0.4, 0.5) is 9.18 Å². The Kier molecular flexibility index (Phi) is 7.06. The molecule has 10 heteroatoms. The Labute approximate surface area is 202 Å². The molecule has 2 saturated heterocycles. The van der Waals surface area contributed by atoms with Gasteiger partial charge in [0.05, 0.1) is 5.54 Å². The molecule has 2 heterocycles. The van der Waals surface area contributed by atoms with E-state index < -0.39 is 51.2 Å². The van der Waals surface area contributed by atoms with Crippen LogP contribution in [0.5, 0.6) is 0 Å². The number of halogens is 1. The summed E-state index contributed by atoms with van der Waals surface area (Å²) in [4.78, 5) is 39.6. The number of carbonyl (C=O) groups is 3. The van der Waals surface area contributed by atoms with Crippen molar-refractivity contribution in [3.63, 3.8) is 0 Å². The van der Waals surface area contributed by atoms with Gasteiger partial charge in [-0.15, -0.1) is 4.72 Å². The lowest BCUT2D eigenvalue weighted by Gasteiger charge is -2.39. The van der Waals surface area contributed by atoms with Crippen LogP contribution in [-0.4, -0.2) is 51.3 Å². The summed E-state index contributed by atoms with van der Waals surface area (Å²) in [5.41, 5.74) is 0.825. The number of urea groups is 1. The van der Waals surface area contributed by atoms with E-state index in [1.54, 1.807) is 6.07 Å². The number of fused-ring (bicyclic) bond motifs is 1. The lowest BCUT2D eigenvalue weighted by molar-refractivity contribution is -0.145. The first kappa shape index (κ1) is 25.1. The van der Waals surface area contributed by atoms with Gasteiger partial charge < -0.3 is 9.29 Å². The predicted octanol–water partition coefficient (Wildman–Crippen LogP) is 2.67. The van der Waals surface area contributed by atoms with E-state index in [0.29, 0.717) is 50.9 Å². The van der Waals surface area contributed by atoms with Crippen LogP contribution in [0.15, 0.2) is 18.2 Å². The Balaban J connectivity index is 1.59. The maximum atomic E-state index is 14.2. The zero-order valence-electron chi connectivity index (χ0n) is 19.8. The highest BCUT2D eigenvalue weighted by molar-refractivity contribution is 7.90. The van der Waals surface area contributed by atoms with Crippen molar-refractivity contribution in [2.75, 3.05) is 13.2 Å². The number of ether oxygens (including phenoxy) is 1. The Bertz CT molecular complexity index is 978. The van der Waals surface area contributed by atoms with Gasteiger partial charge in [-0.3, -0.25) is 19.8 Å². The largest absolute Gasteiger partial charge is 0.598 e. The molecule has 0 aromatic heterocycles. The number of nitrogens with zero attached hydrogens (tertiary/aromatic N) is 1. The monoisotopic (exact) mass is 493 g/mol. The van der Waals surface area contributed by atoms with E-state index in [4.69, 9.17) is 4.74 Å². The molecule has 4 rings (SSSR count). The summed E-state index contributed by atoms with van der Waals surface area (Å²) in [6, 6.07) is 3.60. The number of hydrogen-bond donors (Lipinski definition) is 2.